The number of rotatable bonds is 7. The Morgan fingerprint density at radius 1 is 1.14 bits per heavy atom. The minimum atomic E-state index is -0.656. The Kier molecular flexibility index (Phi) is 5.96. The maximum Gasteiger partial charge on any atom is 0.255 e. The molecule has 1 aliphatic rings. The van der Waals surface area contributed by atoms with Crippen LogP contribution in [0, 0.1) is 0 Å². The summed E-state index contributed by atoms with van der Waals surface area (Å²) in [5.74, 6) is -0.696. The summed E-state index contributed by atoms with van der Waals surface area (Å²) in [6, 6.07) is 16.3. The van der Waals surface area contributed by atoms with E-state index in [9.17, 15) is 14.4 Å². The molecule has 3 N–H and O–H groups in total. The number of amides is 3. The first-order valence-corrected chi connectivity index (χ1v) is 11.6. The van der Waals surface area contributed by atoms with Crippen molar-refractivity contribution in [2.24, 2.45) is 12.8 Å². The van der Waals surface area contributed by atoms with Gasteiger partial charge in [-0.1, -0.05) is 24.8 Å². The number of aryl methyl sites for hydroxylation is 1. The molecular formula is C28H25N5O4. The molecule has 186 valence electrons. The largest absolute Gasteiger partial charge is 0.497 e. The average Bonchev–Trinajstić information content (AvgIpc) is 3.42. The number of carbonyl (C=O) groups is 3. The van der Waals surface area contributed by atoms with Crippen molar-refractivity contribution in [2.45, 2.75) is 6.54 Å². The number of nitrogens with one attached hydrogen (secondary N) is 1. The Bertz CT molecular complexity index is 1600. The first-order valence-electron chi connectivity index (χ1n) is 11.6. The molecule has 3 amide bonds. The quantitative estimate of drug-likeness (QED) is 0.380. The highest BCUT2D eigenvalue weighted by Crippen LogP contribution is 2.37. The zero-order valence-electron chi connectivity index (χ0n) is 20.4. The van der Waals surface area contributed by atoms with Crippen molar-refractivity contribution in [1.29, 1.82) is 0 Å². The second-order valence-corrected chi connectivity index (χ2v) is 8.91. The fourth-order valence-electron chi connectivity index (χ4n) is 4.51. The maximum absolute atomic E-state index is 13.3. The molecule has 9 heteroatoms. The van der Waals surface area contributed by atoms with Crippen molar-refractivity contribution in [1.82, 2.24) is 14.7 Å². The van der Waals surface area contributed by atoms with Gasteiger partial charge < -0.3 is 20.7 Å². The van der Waals surface area contributed by atoms with Gasteiger partial charge in [-0.25, -0.2) is 0 Å². The van der Waals surface area contributed by atoms with Crippen LogP contribution in [-0.2, 0) is 18.4 Å². The lowest BCUT2D eigenvalue weighted by Crippen LogP contribution is -2.30. The average molecular weight is 496 g/mol. The fourth-order valence-corrected chi connectivity index (χ4v) is 4.51. The van der Waals surface area contributed by atoms with Gasteiger partial charge in [0.05, 0.1) is 25.4 Å². The zero-order valence-corrected chi connectivity index (χ0v) is 20.4. The van der Waals surface area contributed by atoms with Crippen LogP contribution in [0.2, 0.25) is 0 Å². The molecule has 0 saturated heterocycles. The van der Waals surface area contributed by atoms with E-state index in [1.54, 1.807) is 41.2 Å². The molecule has 0 saturated carbocycles. The standard InChI is InChI=1S/C28H25N5O4/c1-16(26(29)34)14-33-15-24-22(17-7-8-19-13-30-32(2)25(19)10-17)11-20(12-23(24)28(33)36)31-27(35)18-5-4-6-21(9-18)37-3/h4-13H,1,14-15H2,2-3H3,(H2,29,34)(H,31,35). The van der Waals surface area contributed by atoms with Gasteiger partial charge in [0.1, 0.15) is 5.75 Å². The molecule has 0 atom stereocenters. The molecule has 1 aliphatic heterocycles. The van der Waals surface area contributed by atoms with E-state index < -0.39 is 5.91 Å². The number of fused-ring (bicyclic) bond motifs is 2. The Morgan fingerprint density at radius 2 is 1.92 bits per heavy atom. The van der Waals surface area contributed by atoms with Gasteiger partial charge in [-0.2, -0.15) is 5.10 Å². The van der Waals surface area contributed by atoms with E-state index in [0.29, 0.717) is 22.6 Å². The lowest BCUT2D eigenvalue weighted by Gasteiger charge is -2.16. The van der Waals surface area contributed by atoms with Gasteiger partial charge >= 0.3 is 0 Å². The van der Waals surface area contributed by atoms with Gasteiger partial charge in [0.25, 0.3) is 11.8 Å². The molecule has 9 nitrogen and oxygen atoms in total. The molecule has 0 bridgehead atoms. The highest BCUT2D eigenvalue weighted by atomic mass is 16.5. The molecule has 0 fully saturated rings. The number of benzene rings is 3. The number of ether oxygens (including phenoxy) is 1. The van der Waals surface area contributed by atoms with Crippen molar-refractivity contribution in [2.75, 3.05) is 19.0 Å². The predicted molar refractivity (Wildman–Crippen MR) is 140 cm³/mol. The van der Waals surface area contributed by atoms with Crippen LogP contribution < -0.4 is 15.8 Å². The highest BCUT2D eigenvalue weighted by molar-refractivity contribution is 6.07. The van der Waals surface area contributed by atoms with Gasteiger partial charge in [0, 0.05) is 41.4 Å². The van der Waals surface area contributed by atoms with Crippen LogP contribution in [0.25, 0.3) is 22.0 Å². The summed E-state index contributed by atoms with van der Waals surface area (Å²) in [4.78, 5) is 39.5. The molecule has 37 heavy (non-hydrogen) atoms. The van der Waals surface area contributed by atoms with E-state index in [1.807, 2.05) is 31.3 Å². The van der Waals surface area contributed by atoms with Crippen LogP contribution in [0.1, 0.15) is 26.3 Å². The third kappa shape index (κ3) is 4.42. The number of nitrogens with zero attached hydrogens (tertiary/aromatic N) is 3. The van der Waals surface area contributed by atoms with Crippen LogP contribution in [0.4, 0.5) is 5.69 Å². The number of carbonyl (C=O) groups excluding carboxylic acids is 3. The Labute approximate surface area is 213 Å². The van der Waals surface area contributed by atoms with Gasteiger partial charge in [-0.05, 0) is 53.1 Å². The summed E-state index contributed by atoms with van der Waals surface area (Å²) in [6.45, 7) is 4.00. The molecule has 2 heterocycles. The van der Waals surface area contributed by atoms with Gasteiger partial charge in [-0.15, -0.1) is 0 Å². The first kappa shape index (κ1) is 23.8. The van der Waals surface area contributed by atoms with Gasteiger partial charge in [-0.3, -0.25) is 19.1 Å². The normalized spacial score (nSPS) is 12.5. The monoisotopic (exact) mass is 495 g/mol. The third-order valence-electron chi connectivity index (χ3n) is 6.50. The molecule has 0 radical (unpaired) electrons. The molecule has 0 spiro atoms. The van der Waals surface area contributed by atoms with E-state index >= 15 is 0 Å². The molecular weight excluding hydrogens is 470 g/mol. The molecule has 1 aromatic heterocycles. The maximum atomic E-state index is 13.3. The number of aromatic nitrogens is 2. The van der Waals surface area contributed by atoms with Crippen molar-refractivity contribution in [3.05, 3.63) is 89.6 Å². The number of anilines is 1. The summed E-state index contributed by atoms with van der Waals surface area (Å²) in [5.41, 5.74) is 10.2. The number of hydrogen-bond donors (Lipinski definition) is 2. The summed E-state index contributed by atoms with van der Waals surface area (Å²) in [6.07, 6.45) is 1.79. The molecule has 3 aromatic carbocycles. The number of primary amides is 1. The van der Waals surface area contributed by atoms with Crippen LogP contribution in [-0.4, -0.2) is 46.1 Å². The highest BCUT2D eigenvalue weighted by Gasteiger charge is 2.31. The van der Waals surface area contributed by atoms with Gasteiger partial charge in [0.2, 0.25) is 5.91 Å². The van der Waals surface area contributed by atoms with E-state index in [0.717, 1.165) is 27.6 Å². The minimum absolute atomic E-state index is 0.0224. The van der Waals surface area contributed by atoms with Crippen molar-refractivity contribution < 1.29 is 19.1 Å². The van der Waals surface area contributed by atoms with E-state index in [1.165, 1.54) is 12.0 Å². The zero-order chi connectivity index (χ0) is 26.3. The van der Waals surface area contributed by atoms with Crippen LogP contribution in [0.5, 0.6) is 5.75 Å². The van der Waals surface area contributed by atoms with Crippen molar-refractivity contribution in [3.8, 4) is 16.9 Å². The molecule has 0 aliphatic carbocycles. The Hall–Kier alpha value is -4.92. The van der Waals surface area contributed by atoms with E-state index in [2.05, 4.69) is 17.0 Å². The third-order valence-corrected chi connectivity index (χ3v) is 6.50. The van der Waals surface area contributed by atoms with E-state index in [-0.39, 0.29) is 30.5 Å². The lowest BCUT2D eigenvalue weighted by atomic mass is 9.95. The van der Waals surface area contributed by atoms with Crippen LogP contribution in [0.3, 0.4) is 0 Å². The van der Waals surface area contributed by atoms with Gasteiger partial charge in [0.15, 0.2) is 0 Å². The van der Waals surface area contributed by atoms with Crippen molar-refractivity contribution >= 4 is 34.3 Å². The predicted octanol–water partition coefficient (Wildman–Crippen LogP) is 3.50. The Balaban J connectivity index is 1.58. The minimum Gasteiger partial charge on any atom is -0.497 e. The molecule has 5 rings (SSSR count). The topological polar surface area (TPSA) is 120 Å². The molecule has 4 aromatic rings. The smallest absolute Gasteiger partial charge is 0.255 e. The lowest BCUT2D eigenvalue weighted by molar-refractivity contribution is -0.114. The fraction of sp³-hybridized carbons (Fsp3) is 0.143. The summed E-state index contributed by atoms with van der Waals surface area (Å²) >= 11 is 0. The SMILES string of the molecule is C=C(CN1Cc2c(cc(NC(=O)c3cccc(OC)c3)cc2-c2ccc3cnn(C)c3c2)C1=O)C(N)=O. The van der Waals surface area contributed by atoms with E-state index in [4.69, 9.17) is 10.5 Å². The van der Waals surface area contributed by atoms with Crippen LogP contribution >= 0.6 is 0 Å². The molecule has 0 unspecified atom stereocenters. The number of nitrogens with two attached hydrogens (primary N) is 1. The number of hydrogen-bond acceptors (Lipinski definition) is 5. The number of methoxy groups -OCH3 is 1. The van der Waals surface area contributed by atoms with Crippen LogP contribution in [0.15, 0.2) is 72.9 Å². The van der Waals surface area contributed by atoms with Crippen molar-refractivity contribution in [3.63, 3.8) is 0 Å². The summed E-state index contributed by atoms with van der Waals surface area (Å²) in [7, 11) is 3.40. The Morgan fingerprint density at radius 3 is 2.68 bits per heavy atom. The summed E-state index contributed by atoms with van der Waals surface area (Å²) < 4.78 is 7.01. The second-order valence-electron chi connectivity index (χ2n) is 8.91. The second kappa shape index (κ2) is 9.27. The first-order chi connectivity index (χ1) is 17.7. The summed E-state index contributed by atoms with van der Waals surface area (Å²) in [5, 5.41) is 8.21.